The Morgan fingerprint density at radius 3 is 2.58 bits per heavy atom. The van der Waals surface area contributed by atoms with Crippen LogP contribution in [0.4, 0.5) is 0 Å². The summed E-state index contributed by atoms with van der Waals surface area (Å²) in [5.74, 6) is 1.87. The molecule has 134 valence electrons. The van der Waals surface area contributed by atoms with Crippen LogP contribution < -0.4 is 15.8 Å². The average Bonchev–Trinajstić information content (AvgIpc) is 2.49. The minimum atomic E-state index is -0.0109. The van der Waals surface area contributed by atoms with Gasteiger partial charge in [0.2, 0.25) is 0 Å². The van der Waals surface area contributed by atoms with Crippen molar-refractivity contribution in [2.75, 3.05) is 6.61 Å². The van der Waals surface area contributed by atoms with E-state index in [2.05, 4.69) is 11.4 Å². The molecular formula is C19H29ClN2O2. The minimum Gasteiger partial charge on any atom is -0.483 e. The SMILES string of the molecule is Cc1ccc(C)c(OCC(=O)NC2C3CCCC2CC(N)C3)c1.Cl. The molecule has 0 spiro atoms. The van der Waals surface area contributed by atoms with E-state index < -0.39 is 0 Å². The van der Waals surface area contributed by atoms with Gasteiger partial charge in [-0.25, -0.2) is 0 Å². The van der Waals surface area contributed by atoms with Gasteiger partial charge in [-0.3, -0.25) is 4.79 Å². The third-order valence-corrected chi connectivity index (χ3v) is 5.41. The van der Waals surface area contributed by atoms with Crippen LogP contribution in [0.25, 0.3) is 0 Å². The fourth-order valence-electron chi connectivity index (χ4n) is 4.26. The fraction of sp³-hybridized carbons (Fsp3) is 0.632. The van der Waals surface area contributed by atoms with Crippen molar-refractivity contribution in [1.82, 2.24) is 5.32 Å². The van der Waals surface area contributed by atoms with E-state index in [1.807, 2.05) is 26.0 Å². The van der Waals surface area contributed by atoms with Gasteiger partial charge >= 0.3 is 0 Å². The summed E-state index contributed by atoms with van der Waals surface area (Å²) in [6, 6.07) is 6.66. The number of rotatable bonds is 4. The Morgan fingerprint density at radius 2 is 1.92 bits per heavy atom. The molecule has 2 aliphatic carbocycles. The molecule has 1 amide bonds. The first kappa shape index (κ1) is 19.1. The number of hydrogen-bond acceptors (Lipinski definition) is 3. The van der Waals surface area contributed by atoms with Crippen LogP contribution in [0.2, 0.25) is 0 Å². The van der Waals surface area contributed by atoms with Gasteiger partial charge in [0.1, 0.15) is 5.75 Å². The van der Waals surface area contributed by atoms with Crippen LogP contribution in [0.5, 0.6) is 5.75 Å². The van der Waals surface area contributed by atoms with Crippen molar-refractivity contribution in [3.63, 3.8) is 0 Å². The number of fused-ring (bicyclic) bond motifs is 2. The van der Waals surface area contributed by atoms with Crippen molar-refractivity contribution in [2.24, 2.45) is 17.6 Å². The summed E-state index contributed by atoms with van der Waals surface area (Å²) in [5, 5.41) is 3.23. The Balaban J connectivity index is 0.00000208. The Kier molecular flexibility index (Phi) is 6.53. The topological polar surface area (TPSA) is 64.3 Å². The molecule has 2 saturated carbocycles. The number of halogens is 1. The minimum absolute atomic E-state index is 0. The summed E-state index contributed by atoms with van der Waals surface area (Å²) >= 11 is 0. The first-order chi connectivity index (χ1) is 11.0. The third-order valence-electron chi connectivity index (χ3n) is 5.41. The van der Waals surface area contributed by atoms with Crippen LogP contribution in [0.3, 0.4) is 0 Å². The Hall–Kier alpha value is -1.26. The molecule has 0 aliphatic heterocycles. The number of ether oxygens (including phenoxy) is 1. The summed E-state index contributed by atoms with van der Waals surface area (Å²) in [7, 11) is 0. The lowest BCUT2D eigenvalue weighted by Gasteiger charge is -2.45. The number of amides is 1. The molecule has 1 aromatic rings. The monoisotopic (exact) mass is 352 g/mol. The van der Waals surface area contributed by atoms with Gasteiger partial charge in [0, 0.05) is 12.1 Å². The van der Waals surface area contributed by atoms with Crippen LogP contribution >= 0.6 is 12.4 Å². The molecule has 3 N–H and O–H groups in total. The number of hydrogen-bond donors (Lipinski definition) is 2. The first-order valence-corrected chi connectivity index (χ1v) is 8.78. The maximum Gasteiger partial charge on any atom is 0.258 e. The van der Waals surface area contributed by atoms with E-state index in [9.17, 15) is 4.79 Å². The molecule has 0 saturated heterocycles. The Morgan fingerprint density at radius 1 is 1.25 bits per heavy atom. The van der Waals surface area contributed by atoms with Gasteiger partial charge in [-0.2, -0.15) is 0 Å². The standard InChI is InChI=1S/C19H28N2O2.ClH/c1-12-6-7-13(2)17(8-12)23-11-18(22)21-19-14-4-3-5-15(19)10-16(20)9-14;/h6-8,14-16,19H,3-5,9-11,20H2,1-2H3,(H,21,22);1H. The molecule has 2 aliphatic rings. The van der Waals surface area contributed by atoms with E-state index in [1.54, 1.807) is 0 Å². The molecular weight excluding hydrogens is 324 g/mol. The van der Waals surface area contributed by atoms with Crippen LogP contribution in [-0.2, 0) is 4.79 Å². The number of nitrogens with two attached hydrogens (primary N) is 1. The van der Waals surface area contributed by atoms with Gasteiger partial charge in [0.25, 0.3) is 5.91 Å². The zero-order chi connectivity index (χ0) is 16.4. The maximum atomic E-state index is 12.3. The Labute approximate surface area is 150 Å². The molecule has 2 bridgehead atoms. The Bertz CT molecular complexity index is 564. The highest BCUT2D eigenvalue weighted by Crippen LogP contribution is 2.39. The molecule has 0 aromatic heterocycles. The summed E-state index contributed by atoms with van der Waals surface area (Å²) in [4.78, 5) is 12.3. The van der Waals surface area contributed by atoms with E-state index in [4.69, 9.17) is 10.5 Å². The van der Waals surface area contributed by atoms with Gasteiger partial charge in [-0.1, -0.05) is 18.6 Å². The predicted octanol–water partition coefficient (Wildman–Crippen LogP) is 3.13. The molecule has 5 heteroatoms. The zero-order valence-corrected chi connectivity index (χ0v) is 15.4. The molecule has 0 radical (unpaired) electrons. The van der Waals surface area contributed by atoms with Crippen molar-refractivity contribution in [1.29, 1.82) is 0 Å². The molecule has 24 heavy (non-hydrogen) atoms. The van der Waals surface area contributed by atoms with Gasteiger partial charge in [0.05, 0.1) is 0 Å². The molecule has 2 unspecified atom stereocenters. The third kappa shape index (κ3) is 4.42. The average molecular weight is 353 g/mol. The lowest BCUT2D eigenvalue weighted by Crippen LogP contribution is -2.54. The highest BCUT2D eigenvalue weighted by Gasteiger charge is 2.39. The fourth-order valence-corrected chi connectivity index (χ4v) is 4.26. The quantitative estimate of drug-likeness (QED) is 0.875. The second-order valence-corrected chi connectivity index (χ2v) is 7.33. The highest BCUT2D eigenvalue weighted by atomic mass is 35.5. The number of benzene rings is 1. The molecule has 4 nitrogen and oxygen atoms in total. The van der Waals surface area contributed by atoms with Gasteiger partial charge in [-0.05, 0) is 68.6 Å². The summed E-state index contributed by atoms with van der Waals surface area (Å²) in [6.07, 6.45) is 5.73. The lowest BCUT2D eigenvalue weighted by atomic mass is 9.67. The number of carbonyl (C=O) groups is 1. The van der Waals surface area contributed by atoms with Crippen LogP contribution in [-0.4, -0.2) is 24.6 Å². The highest BCUT2D eigenvalue weighted by molar-refractivity contribution is 5.85. The van der Waals surface area contributed by atoms with Gasteiger partial charge < -0.3 is 15.8 Å². The van der Waals surface area contributed by atoms with E-state index in [0.717, 1.165) is 29.7 Å². The first-order valence-electron chi connectivity index (χ1n) is 8.78. The van der Waals surface area contributed by atoms with Crippen LogP contribution in [0.15, 0.2) is 18.2 Å². The van der Waals surface area contributed by atoms with Crippen molar-refractivity contribution in [2.45, 2.75) is 58.0 Å². The number of carbonyl (C=O) groups excluding carboxylic acids is 1. The number of nitrogens with one attached hydrogen (secondary N) is 1. The van der Waals surface area contributed by atoms with Crippen molar-refractivity contribution in [3.8, 4) is 5.75 Å². The van der Waals surface area contributed by atoms with Crippen molar-refractivity contribution in [3.05, 3.63) is 29.3 Å². The lowest BCUT2D eigenvalue weighted by molar-refractivity contribution is -0.125. The van der Waals surface area contributed by atoms with Crippen LogP contribution in [0, 0.1) is 25.7 Å². The number of aryl methyl sites for hydroxylation is 2. The normalized spacial score (nSPS) is 28.6. The molecule has 0 heterocycles. The molecule has 2 atom stereocenters. The molecule has 3 rings (SSSR count). The largest absolute Gasteiger partial charge is 0.483 e. The van der Waals surface area contributed by atoms with E-state index in [1.165, 1.54) is 19.3 Å². The summed E-state index contributed by atoms with van der Waals surface area (Å²) in [5.41, 5.74) is 8.35. The summed E-state index contributed by atoms with van der Waals surface area (Å²) in [6.45, 7) is 4.12. The second-order valence-electron chi connectivity index (χ2n) is 7.33. The molecule has 1 aromatic carbocycles. The van der Waals surface area contributed by atoms with Crippen LogP contribution in [0.1, 0.15) is 43.2 Å². The van der Waals surface area contributed by atoms with E-state index >= 15 is 0 Å². The second kappa shape index (κ2) is 8.21. The summed E-state index contributed by atoms with van der Waals surface area (Å²) < 4.78 is 5.73. The van der Waals surface area contributed by atoms with Crippen molar-refractivity contribution >= 4 is 18.3 Å². The predicted molar refractivity (Wildman–Crippen MR) is 98.6 cm³/mol. The van der Waals surface area contributed by atoms with Gasteiger partial charge in [-0.15, -0.1) is 12.4 Å². The van der Waals surface area contributed by atoms with Crippen molar-refractivity contribution < 1.29 is 9.53 Å². The van der Waals surface area contributed by atoms with E-state index in [-0.39, 0.29) is 24.9 Å². The molecule has 2 fully saturated rings. The van der Waals surface area contributed by atoms with E-state index in [0.29, 0.717) is 23.9 Å². The smallest absolute Gasteiger partial charge is 0.258 e. The maximum absolute atomic E-state index is 12.3. The zero-order valence-electron chi connectivity index (χ0n) is 14.6. The van der Waals surface area contributed by atoms with Gasteiger partial charge in [0.15, 0.2) is 6.61 Å².